The first-order valence-corrected chi connectivity index (χ1v) is 8.94. The highest BCUT2D eigenvalue weighted by molar-refractivity contribution is 8.00. The SMILES string of the molecule is Cc1ccc(NC(=O)CSCC(=O)NC2CCCC2)c(C)c1. The lowest BCUT2D eigenvalue weighted by Crippen LogP contribution is -2.34. The number of hydrogen-bond acceptors (Lipinski definition) is 3. The quantitative estimate of drug-likeness (QED) is 0.847. The average Bonchev–Trinajstić information content (AvgIpc) is 2.95. The molecule has 22 heavy (non-hydrogen) atoms. The van der Waals surface area contributed by atoms with E-state index in [4.69, 9.17) is 0 Å². The van der Waals surface area contributed by atoms with Crippen LogP contribution >= 0.6 is 11.8 Å². The van der Waals surface area contributed by atoms with E-state index in [2.05, 4.69) is 10.6 Å². The molecule has 0 bridgehead atoms. The van der Waals surface area contributed by atoms with Crippen LogP contribution in [0.15, 0.2) is 18.2 Å². The summed E-state index contributed by atoms with van der Waals surface area (Å²) in [5.41, 5.74) is 3.07. The number of carbonyl (C=O) groups excluding carboxylic acids is 2. The highest BCUT2D eigenvalue weighted by Crippen LogP contribution is 2.18. The number of benzene rings is 1. The molecule has 0 radical (unpaired) electrons. The van der Waals surface area contributed by atoms with E-state index in [9.17, 15) is 9.59 Å². The monoisotopic (exact) mass is 320 g/mol. The van der Waals surface area contributed by atoms with Gasteiger partial charge < -0.3 is 10.6 Å². The van der Waals surface area contributed by atoms with E-state index in [-0.39, 0.29) is 11.8 Å². The van der Waals surface area contributed by atoms with Gasteiger partial charge in [0.2, 0.25) is 11.8 Å². The molecule has 2 rings (SSSR count). The van der Waals surface area contributed by atoms with Gasteiger partial charge >= 0.3 is 0 Å². The van der Waals surface area contributed by atoms with Gasteiger partial charge in [-0.25, -0.2) is 0 Å². The summed E-state index contributed by atoms with van der Waals surface area (Å²) in [6, 6.07) is 6.28. The van der Waals surface area contributed by atoms with Gasteiger partial charge in [0.05, 0.1) is 11.5 Å². The lowest BCUT2D eigenvalue weighted by Gasteiger charge is -2.12. The summed E-state index contributed by atoms with van der Waals surface area (Å²) in [6.45, 7) is 4.00. The predicted octanol–water partition coefficient (Wildman–Crippen LogP) is 3.03. The third-order valence-corrected chi connectivity index (χ3v) is 4.78. The molecule has 1 saturated carbocycles. The van der Waals surface area contributed by atoms with E-state index >= 15 is 0 Å². The van der Waals surface area contributed by atoms with Crippen molar-refractivity contribution in [2.24, 2.45) is 0 Å². The molecule has 1 aliphatic rings. The van der Waals surface area contributed by atoms with Gasteiger partial charge in [-0.1, -0.05) is 30.5 Å². The van der Waals surface area contributed by atoms with Crippen LogP contribution in [0.3, 0.4) is 0 Å². The van der Waals surface area contributed by atoms with Gasteiger partial charge in [0.25, 0.3) is 0 Å². The second-order valence-electron chi connectivity index (χ2n) is 5.91. The van der Waals surface area contributed by atoms with Crippen molar-refractivity contribution in [2.75, 3.05) is 16.8 Å². The highest BCUT2D eigenvalue weighted by Gasteiger charge is 2.17. The Hall–Kier alpha value is -1.49. The van der Waals surface area contributed by atoms with Crippen LogP contribution in [-0.2, 0) is 9.59 Å². The van der Waals surface area contributed by atoms with E-state index < -0.39 is 0 Å². The number of carbonyl (C=O) groups is 2. The molecule has 0 spiro atoms. The molecule has 0 saturated heterocycles. The Labute approximate surface area is 136 Å². The zero-order chi connectivity index (χ0) is 15.9. The van der Waals surface area contributed by atoms with Crippen molar-refractivity contribution in [3.05, 3.63) is 29.3 Å². The van der Waals surface area contributed by atoms with Crippen LogP contribution in [0.4, 0.5) is 5.69 Å². The Morgan fingerprint density at radius 2 is 1.82 bits per heavy atom. The minimum Gasteiger partial charge on any atom is -0.353 e. The maximum Gasteiger partial charge on any atom is 0.234 e. The number of thioether (sulfide) groups is 1. The number of nitrogens with one attached hydrogen (secondary N) is 2. The van der Waals surface area contributed by atoms with Crippen molar-refractivity contribution in [2.45, 2.75) is 45.6 Å². The van der Waals surface area contributed by atoms with Gasteiger partial charge in [-0.15, -0.1) is 11.8 Å². The predicted molar refractivity (Wildman–Crippen MR) is 92.3 cm³/mol. The van der Waals surface area contributed by atoms with Gasteiger partial charge in [-0.2, -0.15) is 0 Å². The third kappa shape index (κ3) is 5.37. The van der Waals surface area contributed by atoms with Crippen LogP contribution < -0.4 is 10.6 Å². The number of amides is 2. The molecule has 4 nitrogen and oxygen atoms in total. The number of aryl methyl sites for hydroxylation is 2. The molecule has 1 aromatic rings. The van der Waals surface area contributed by atoms with Crippen LogP contribution in [0.25, 0.3) is 0 Å². The molecular formula is C17H24N2O2S. The van der Waals surface area contributed by atoms with Crippen molar-refractivity contribution in [3.63, 3.8) is 0 Å². The van der Waals surface area contributed by atoms with Crippen molar-refractivity contribution >= 4 is 29.3 Å². The summed E-state index contributed by atoms with van der Waals surface area (Å²) in [4.78, 5) is 23.7. The lowest BCUT2D eigenvalue weighted by atomic mass is 10.1. The maximum absolute atomic E-state index is 11.9. The van der Waals surface area contributed by atoms with E-state index in [0.717, 1.165) is 24.1 Å². The van der Waals surface area contributed by atoms with Crippen LogP contribution in [0.5, 0.6) is 0 Å². The van der Waals surface area contributed by atoms with Crippen molar-refractivity contribution in [1.29, 1.82) is 0 Å². The maximum atomic E-state index is 11.9. The molecule has 2 N–H and O–H groups in total. The summed E-state index contributed by atoms with van der Waals surface area (Å²) in [5, 5.41) is 5.92. The van der Waals surface area contributed by atoms with E-state index in [1.165, 1.54) is 30.2 Å². The largest absolute Gasteiger partial charge is 0.353 e. The Bertz CT molecular complexity index is 539. The number of hydrogen-bond donors (Lipinski definition) is 2. The fourth-order valence-corrected chi connectivity index (χ4v) is 3.34. The zero-order valence-electron chi connectivity index (χ0n) is 13.3. The third-order valence-electron chi connectivity index (χ3n) is 3.84. The summed E-state index contributed by atoms with van der Waals surface area (Å²) in [6.07, 6.45) is 4.58. The van der Waals surface area contributed by atoms with Crippen LogP contribution in [0, 0.1) is 13.8 Å². The Kier molecular flexibility index (Phi) is 6.31. The Morgan fingerprint density at radius 1 is 1.14 bits per heavy atom. The van der Waals surface area contributed by atoms with Gasteiger partial charge in [0.1, 0.15) is 0 Å². The highest BCUT2D eigenvalue weighted by atomic mass is 32.2. The summed E-state index contributed by atoms with van der Waals surface area (Å²) >= 11 is 1.36. The number of rotatable bonds is 6. The fraction of sp³-hybridized carbons (Fsp3) is 0.529. The normalized spacial score (nSPS) is 14.8. The second kappa shape index (κ2) is 8.22. The van der Waals surface area contributed by atoms with Crippen molar-refractivity contribution in [3.8, 4) is 0 Å². The van der Waals surface area contributed by atoms with E-state index in [0.29, 0.717) is 17.5 Å². The van der Waals surface area contributed by atoms with Gasteiger partial charge in [-0.05, 0) is 38.3 Å². The summed E-state index contributed by atoms with van der Waals surface area (Å²) in [7, 11) is 0. The topological polar surface area (TPSA) is 58.2 Å². The smallest absolute Gasteiger partial charge is 0.234 e. The Balaban J connectivity index is 1.67. The molecule has 0 aromatic heterocycles. The molecular weight excluding hydrogens is 296 g/mol. The van der Waals surface area contributed by atoms with Crippen LogP contribution in [-0.4, -0.2) is 29.4 Å². The molecule has 1 fully saturated rings. The molecule has 1 aromatic carbocycles. The van der Waals surface area contributed by atoms with Crippen LogP contribution in [0.1, 0.15) is 36.8 Å². The van der Waals surface area contributed by atoms with Gasteiger partial charge in [0.15, 0.2) is 0 Å². The molecule has 0 atom stereocenters. The molecule has 2 amide bonds. The van der Waals surface area contributed by atoms with Crippen LogP contribution in [0.2, 0.25) is 0 Å². The first kappa shape index (κ1) is 16.9. The first-order valence-electron chi connectivity index (χ1n) is 7.79. The van der Waals surface area contributed by atoms with E-state index in [1.54, 1.807) is 0 Å². The molecule has 5 heteroatoms. The second-order valence-corrected chi connectivity index (χ2v) is 6.89. The zero-order valence-corrected chi connectivity index (χ0v) is 14.1. The molecule has 0 heterocycles. The van der Waals surface area contributed by atoms with Crippen molar-refractivity contribution in [1.82, 2.24) is 5.32 Å². The molecule has 120 valence electrons. The molecule has 0 aliphatic heterocycles. The van der Waals surface area contributed by atoms with Crippen molar-refractivity contribution < 1.29 is 9.59 Å². The Morgan fingerprint density at radius 3 is 2.50 bits per heavy atom. The molecule has 0 unspecified atom stereocenters. The first-order chi connectivity index (χ1) is 10.5. The van der Waals surface area contributed by atoms with Gasteiger partial charge in [0, 0.05) is 11.7 Å². The molecule has 1 aliphatic carbocycles. The minimum absolute atomic E-state index is 0.0382. The fourth-order valence-electron chi connectivity index (χ4n) is 2.72. The average molecular weight is 320 g/mol. The van der Waals surface area contributed by atoms with Gasteiger partial charge in [-0.3, -0.25) is 9.59 Å². The van der Waals surface area contributed by atoms with E-state index in [1.807, 2.05) is 32.0 Å². The summed E-state index contributed by atoms with van der Waals surface area (Å²) in [5.74, 6) is 0.615. The summed E-state index contributed by atoms with van der Waals surface area (Å²) < 4.78 is 0. The number of anilines is 1. The standard InChI is InChI=1S/C17H24N2O2S/c1-12-7-8-15(13(2)9-12)19-17(21)11-22-10-16(20)18-14-5-3-4-6-14/h7-9,14H,3-6,10-11H2,1-2H3,(H,18,20)(H,19,21). The minimum atomic E-state index is -0.0642. The lowest BCUT2D eigenvalue weighted by molar-refractivity contribution is -0.119.